The van der Waals surface area contributed by atoms with E-state index < -0.39 is 0 Å². The lowest BCUT2D eigenvalue weighted by Gasteiger charge is -2.08. The molecule has 2 aromatic rings. The Morgan fingerprint density at radius 1 is 1.25 bits per heavy atom. The molecule has 0 atom stereocenters. The predicted molar refractivity (Wildman–Crippen MR) is 85.5 cm³/mol. The molecule has 0 saturated heterocycles. The molecule has 110 valence electrons. The summed E-state index contributed by atoms with van der Waals surface area (Å²) in [4.78, 5) is 4.64. The van der Waals surface area contributed by atoms with Crippen LogP contribution in [0.3, 0.4) is 0 Å². The first-order chi connectivity index (χ1) is 9.28. The summed E-state index contributed by atoms with van der Waals surface area (Å²) in [6.07, 6.45) is 0.944. The minimum Gasteiger partial charge on any atom is -0.497 e. The van der Waals surface area contributed by atoms with E-state index in [1.54, 1.807) is 25.6 Å². The van der Waals surface area contributed by atoms with E-state index in [2.05, 4.69) is 15.7 Å². The van der Waals surface area contributed by atoms with Crippen molar-refractivity contribution in [1.29, 1.82) is 0 Å². The summed E-state index contributed by atoms with van der Waals surface area (Å²) in [5.41, 5.74) is 1.95. The molecule has 0 radical (unpaired) electrons. The number of halogens is 1. The Balaban J connectivity index is 0.00000200. The molecule has 1 aromatic heterocycles. The van der Waals surface area contributed by atoms with E-state index in [0.717, 1.165) is 40.7 Å². The Labute approximate surface area is 129 Å². The number of nitrogens with zero attached hydrogens (tertiary/aromatic N) is 1. The zero-order chi connectivity index (χ0) is 13.7. The number of hydrogen-bond acceptors (Lipinski definition) is 5. The van der Waals surface area contributed by atoms with Crippen molar-refractivity contribution in [3.05, 3.63) is 28.6 Å². The highest BCUT2D eigenvalue weighted by molar-refractivity contribution is 7.09. The second kappa shape index (κ2) is 8.09. The van der Waals surface area contributed by atoms with E-state index in [0.29, 0.717) is 0 Å². The topological polar surface area (TPSA) is 43.4 Å². The molecule has 1 N–H and O–H groups in total. The van der Waals surface area contributed by atoms with E-state index >= 15 is 0 Å². The molecule has 0 saturated carbocycles. The van der Waals surface area contributed by atoms with Crippen molar-refractivity contribution >= 4 is 23.7 Å². The Hall–Kier alpha value is -1.30. The molecule has 6 heteroatoms. The van der Waals surface area contributed by atoms with Crippen molar-refractivity contribution in [3.63, 3.8) is 0 Å². The van der Waals surface area contributed by atoms with Crippen molar-refractivity contribution in [1.82, 2.24) is 10.3 Å². The van der Waals surface area contributed by atoms with Crippen LogP contribution >= 0.6 is 23.7 Å². The average molecular weight is 315 g/mol. The number of ether oxygens (including phenoxy) is 2. The number of aromatic nitrogens is 1. The van der Waals surface area contributed by atoms with Crippen molar-refractivity contribution in [3.8, 4) is 22.8 Å². The SMILES string of the molecule is CNCCc1nc(-c2ccc(OC)cc2OC)cs1.Cl. The molecular formula is C14H19ClN2O2S. The average Bonchev–Trinajstić information content (AvgIpc) is 2.92. The molecule has 1 aromatic carbocycles. The van der Waals surface area contributed by atoms with E-state index in [4.69, 9.17) is 9.47 Å². The Kier molecular flexibility index (Phi) is 6.78. The van der Waals surface area contributed by atoms with Gasteiger partial charge in [0, 0.05) is 30.0 Å². The maximum atomic E-state index is 5.40. The molecule has 2 rings (SSSR count). The molecule has 0 bridgehead atoms. The third-order valence-electron chi connectivity index (χ3n) is 2.83. The van der Waals surface area contributed by atoms with Crippen molar-refractivity contribution in [2.24, 2.45) is 0 Å². The molecule has 0 unspecified atom stereocenters. The van der Waals surface area contributed by atoms with Crippen LogP contribution in [-0.4, -0.2) is 32.8 Å². The first-order valence-corrected chi connectivity index (χ1v) is 6.98. The number of hydrogen-bond donors (Lipinski definition) is 1. The molecule has 0 fully saturated rings. The summed E-state index contributed by atoms with van der Waals surface area (Å²) in [7, 11) is 5.25. The zero-order valence-corrected chi connectivity index (χ0v) is 13.4. The third kappa shape index (κ3) is 3.85. The van der Waals surface area contributed by atoms with Crippen LogP contribution in [0.25, 0.3) is 11.3 Å². The fourth-order valence-corrected chi connectivity index (χ4v) is 2.59. The summed E-state index contributed by atoms with van der Waals surface area (Å²) >= 11 is 1.68. The van der Waals surface area contributed by atoms with E-state index in [1.807, 2.05) is 25.2 Å². The zero-order valence-electron chi connectivity index (χ0n) is 11.8. The summed E-state index contributed by atoms with van der Waals surface area (Å²) < 4.78 is 10.6. The summed E-state index contributed by atoms with van der Waals surface area (Å²) in [5, 5.41) is 6.32. The highest BCUT2D eigenvalue weighted by atomic mass is 35.5. The molecule has 4 nitrogen and oxygen atoms in total. The van der Waals surface area contributed by atoms with Crippen LogP contribution < -0.4 is 14.8 Å². The summed E-state index contributed by atoms with van der Waals surface area (Å²) in [6.45, 7) is 0.937. The van der Waals surface area contributed by atoms with Gasteiger partial charge >= 0.3 is 0 Å². The van der Waals surface area contributed by atoms with Gasteiger partial charge in [-0.05, 0) is 19.2 Å². The van der Waals surface area contributed by atoms with Crippen molar-refractivity contribution in [2.45, 2.75) is 6.42 Å². The second-order valence-electron chi connectivity index (χ2n) is 4.05. The number of nitrogens with one attached hydrogen (secondary N) is 1. The van der Waals surface area contributed by atoms with Gasteiger partial charge in [-0.1, -0.05) is 0 Å². The van der Waals surface area contributed by atoms with Crippen LogP contribution in [0.4, 0.5) is 0 Å². The largest absolute Gasteiger partial charge is 0.497 e. The minimum atomic E-state index is 0. The fraction of sp³-hybridized carbons (Fsp3) is 0.357. The van der Waals surface area contributed by atoms with Gasteiger partial charge in [0.15, 0.2) is 0 Å². The van der Waals surface area contributed by atoms with E-state index in [-0.39, 0.29) is 12.4 Å². The van der Waals surface area contributed by atoms with Crippen LogP contribution in [0.2, 0.25) is 0 Å². The fourth-order valence-electron chi connectivity index (χ4n) is 1.79. The lowest BCUT2D eigenvalue weighted by Crippen LogP contribution is -2.09. The van der Waals surface area contributed by atoms with Gasteiger partial charge < -0.3 is 14.8 Å². The molecule has 0 spiro atoms. The number of benzene rings is 1. The van der Waals surface area contributed by atoms with E-state index in [1.165, 1.54) is 0 Å². The normalized spacial score (nSPS) is 9.95. The lowest BCUT2D eigenvalue weighted by atomic mass is 10.1. The Bertz CT molecular complexity index is 546. The number of rotatable bonds is 6. The molecule has 1 heterocycles. The summed E-state index contributed by atoms with van der Waals surface area (Å²) in [5.74, 6) is 1.57. The van der Waals surface area contributed by atoms with Crippen molar-refractivity contribution in [2.75, 3.05) is 27.8 Å². The van der Waals surface area contributed by atoms with Gasteiger partial charge in [-0.2, -0.15) is 0 Å². The second-order valence-corrected chi connectivity index (χ2v) is 4.99. The first-order valence-electron chi connectivity index (χ1n) is 6.10. The molecule has 0 aliphatic rings. The smallest absolute Gasteiger partial charge is 0.131 e. The molecule has 0 aliphatic carbocycles. The van der Waals surface area contributed by atoms with Crippen LogP contribution in [0.1, 0.15) is 5.01 Å². The van der Waals surface area contributed by atoms with Gasteiger partial charge in [-0.3, -0.25) is 0 Å². The van der Waals surface area contributed by atoms with Gasteiger partial charge in [0.05, 0.1) is 24.9 Å². The standard InChI is InChI=1S/C14H18N2O2S.ClH/c1-15-7-6-14-16-12(9-19-14)11-5-4-10(17-2)8-13(11)18-3;/h4-5,8-9,15H,6-7H2,1-3H3;1H. The first kappa shape index (κ1) is 16.8. The molecule has 20 heavy (non-hydrogen) atoms. The Morgan fingerprint density at radius 3 is 2.70 bits per heavy atom. The Morgan fingerprint density at radius 2 is 2.05 bits per heavy atom. The van der Waals surface area contributed by atoms with Gasteiger partial charge in [-0.25, -0.2) is 4.98 Å². The third-order valence-corrected chi connectivity index (χ3v) is 3.73. The molecule has 0 amide bonds. The van der Waals surface area contributed by atoms with Gasteiger partial charge in [0.25, 0.3) is 0 Å². The molecule has 0 aliphatic heterocycles. The minimum absolute atomic E-state index is 0. The summed E-state index contributed by atoms with van der Waals surface area (Å²) in [6, 6.07) is 5.78. The predicted octanol–water partition coefficient (Wildman–Crippen LogP) is 3.01. The van der Waals surface area contributed by atoms with Crippen LogP contribution in [0.15, 0.2) is 23.6 Å². The highest BCUT2D eigenvalue weighted by Gasteiger charge is 2.11. The van der Waals surface area contributed by atoms with Crippen LogP contribution in [0.5, 0.6) is 11.5 Å². The quantitative estimate of drug-likeness (QED) is 0.890. The van der Waals surface area contributed by atoms with Crippen LogP contribution in [-0.2, 0) is 6.42 Å². The van der Waals surface area contributed by atoms with Crippen molar-refractivity contribution < 1.29 is 9.47 Å². The maximum absolute atomic E-state index is 5.40. The molecular weight excluding hydrogens is 296 g/mol. The van der Waals surface area contributed by atoms with Gasteiger partial charge in [-0.15, -0.1) is 23.7 Å². The number of likely N-dealkylation sites (N-methyl/N-ethyl adjacent to an activating group) is 1. The van der Waals surface area contributed by atoms with Crippen LogP contribution in [0, 0.1) is 0 Å². The maximum Gasteiger partial charge on any atom is 0.131 e. The number of methoxy groups -OCH3 is 2. The monoisotopic (exact) mass is 314 g/mol. The highest BCUT2D eigenvalue weighted by Crippen LogP contribution is 2.33. The number of thiazole rings is 1. The van der Waals surface area contributed by atoms with E-state index in [9.17, 15) is 0 Å². The van der Waals surface area contributed by atoms with Gasteiger partial charge in [0.1, 0.15) is 11.5 Å². The lowest BCUT2D eigenvalue weighted by molar-refractivity contribution is 0.395. The van der Waals surface area contributed by atoms with Gasteiger partial charge in [0.2, 0.25) is 0 Å².